The molecule has 4 nitrogen and oxygen atoms in total. The van der Waals surface area contributed by atoms with Gasteiger partial charge in [-0.25, -0.2) is 0 Å². The topological polar surface area (TPSA) is 47.2 Å². The van der Waals surface area contributed by atoms with E-state index in [2.05, 4.69) is 35.1 Å². The molecule has 0 aliphatic heterocycles. The highest BCUT2D eigenvalue weighted by molar-refractivity contribution is 7.16. The second-order valence-corrected chi connectivity index (χ2v) is 7.20. The maximum atomic E-state index is 12.6. The van der Waals surface area contributed by atoms with E-state index < -0.39 is 0 Å². The molecule has 0 N–H and O–H groups in total. The normalized spacial score (nSPS) is 12.2. The Bertz CT molecular complexity index is 1200. The second kappa shape index (κ2) is 5.93. The number of aromatic nitrogens is 2. The van der Waals surface area contributed by atoms with Crippen LogP contribution in [0.5, 0.6) is 0 Å². The van der Waals surface area contributed by atoms with Crippen LogP contribution in [0.25, 0.3) is 21.1 Å². The molecule has 0 saturated heterocycles. The van der Waals surface area contributed by atoms with Gasteiger partial charge in [0.1, 0.15) is 0 Å². The van der Waals surface area contributed by atoms with Crippen molar-refractivity contribution in [3.8, 4) is 0 Å². The van der Waals surface area contributed by atoms with Crippen molar-refractivity contribution >= 4 is 38.4 Å². The molecule has 0 bridgehead atoms. The van der Waals surface area contributed by atoms with E-state index in [1.54, 1.807) is 0 Å². The average molecular weight is 347 g/mol. The number of carbonyl (C=O) groups is 1. The minimum Gasteiger partial charge on any atom is -0.319 e. The van der Waals surface area contributed by atoms with Crippen molar-refractivity contribution in [3.63, 3.8) is 0 Å². The zero-order chi connectivity index (χ0) is 17.6. The monoisotopic (exact) mass is 347 g/mol. The maximum Gasteiger partial charge on any atom is 0.279 e. The van der Waals surface area contributed by atoms with Crippen molar-refractivity contribution < 1.29 is 4.79 Å². The molecule has 0 unspecified atom stereocenters. The van der Waals surface area contributed by atoms with Gasteiger partial charge < -0.3 is 4.57 Å². The van der Waals surface area contributed by atoms with Crippen molar-refractivity contribution in [2.24, 2.45) is 12.0 Å². The van der Waals surface area contributed by atoms with E-state index in [1.165, 1.54) is 16.9 Å². The Hall–Kier alpha value is -2.79. The highest BCUT2D eigenvalue weighted by Crippen LogP contribution is 2.19. The van der Waals surface area contributed by atoms with E-state index in [1.807, 2.05) is 48.9 Å². The molecule has 5 heteroatoms. The second-order valence-electron chi connectivity index (χ2n) is 6.19. The molecule has 124 valence electrons. The van der Waals surface area contributed by atoms with Crippen molar-refractivity contribution in [2.45, 2.75) is 13.8 Å². The summed E-state index contributed by atoms with van der Waals surface area (Å²) in [4.78, 5) is 22.2. The predicted octanol–water partition coefficient (Wildman–Crippen LogP) is 4.15. The van der Waals surface area contributed by atoms with E-state index in [0.717, 1.165) is 26.8 Å². The third kappa shape index (κ3) is 2.87. The summed E-state index contributed by atoms with van der Waals surface area (Å²) in [7, 11) is 1.94. The van der Waals surface area contributed by atoms with Crippen molar-refractivity contribution in [1.29, 1.82) is 0 Å². The van der Waals surface area contributed by atoms with Gasteiger partial charge in [0.05, 0.1) is 15.7 Å². The third-order valence-corrected chi connectivity index (χ3v) is 5.33. The molecular formula is C20H17N3OS. The summed E-state index contributed by atoms with van der Waals surface area (Å²) < 4.78 is 3.09. The van der Waals surface area contributed by atoms with Gasteiger partial charge in [0.15, 0.2) is 4.80 Å². The summed E-state index contributed by atoms with van der Waals surface area (Å²) in [6.45, 7) is 4.00. The minimum atomic E-state index is -0.246. The summed E-state index contributed by atoms with van der Waals surface area (Å²) in [5.74, 6) is -0.246. The smallest absolute Gasteiger partial charge is 0.279 e. The summed E-state index contributed by atoms with van der Waals surface area (Å²) in [6, 6.07) is 15.8. The number of amides is 1. The van der Waals surface area contributed by atoms with Gasteiger partial charge in [-0.2, -0.15) is 4.99 Å². The average Bonchev–Trinajstić information content (AvgIpc) is 2.89. The lowest BCUT2D eigenvalue weighted by Gasteiger charge is -2.01. The molecule has 1 amide bonds. The number of benzene rings is 2. The lowest BCUT2D eigenvalue weighted by atomic mass is 10.1. The van der Waals surface area contributed by atoms with Gasteiger partial charge in [0.2, 0.25) is 0 Å². The lowest BCUT2D eigenvalue weighted by molar-refractivity contribution is 0.0998. The molecule has 25 heavy (non-hydrogen) atoms. The van der Waals surface area contributed by atoms with Gasteiger partial charge in [-0.3, -0.25) is 9.78 Å². The first-order valence-electron chi connectivity index (χ1n) is 8.04. The molecule has 2 heterocycles. The number of carbonyl (C=O) groups excluding carboxylic acids is 1. The van der Waals surface area contributed by atoms with E-state index in [4.69, 9.17) is 0 Å². The first-order chi connectivity index (χ1) is 12.0. The van der Waals surface area contributed by atoms with Crippen LogP contribution in [0.4, 0.5) is 0 Å². The van der Waals surface area contributed by atoms with Gasteiger partial charge in [-0.15, -0.1) is 0 Å². The summed E-state index contributed by atoms with van der Waals surface area (Å²) in [5.41, 5.74) is 4.58. The van der Waals surface area contributed by atoms with Crippen LogP contribution in [0.3, 0.4) is 0 Å². The molecule has 0 fully saturated rings. The van der Waals surface area contributed by atoms with Crippen molar-refractivity contribution in [2.75, 3.05) is 0 Å². The fourth-order valence-electron chi connectivity index (χ4n) is 2.85. The Morgan fingerprint density at radius 3 is 2.72 bits per heavy atom. The molecule has 0 aliphatic rings. The predicted molar refractivity (Wildman–Crippen MR) is 102 cm³/mol. The molecule has 0 saturated carbocycles. The maximum absolute atomic E-state index is 12.6. The van der Waals surface area contributed by atoms with E-state index in [0.29, 0.717) is 10.4 Å². The fraction of sp³-hybridized carbons (Fsp3) is 0.150. The fourth-order valence-corrected chi connectivity index (χ4v) is 3.97. The standard InChI is InChI=1S/C20H17N3OS/c1-12-4-9-17-18(10-12)25-20(23(17)3)22-19(24)15-8-7-14-6-5-13(2)21-16(14)11-15/h4-11H,1-3H3. The number of thiazole rings is 1. The van der Waals surface area contributed by atoms with E-state index >= 15 is 0 Å². The number of pyridine rings is 1. The summed E-state index contributed by atoms with van der Waals surface area (Å²) in [6.07, 6.45) is 0. The first-order valence-corrected chi connectivity index (χ1v) is 8.85. The van der Waals surface area contributed by atoms with E-state index in [-0.39, 0.29) is 5.91 Å². The van der Waals surface area contributed by atoms with Gasteiger partial charge >= 0.3 is 0 Å². The number of fused-ring (bicyclic) bond motifs is 2. The quantitative estimate of drug-likeness (QED) is 0.519. The van der Waals surface area contributed by atoms with Gasteiger partial charge in [-0.05, 0) is 49.7 Å². The van der Waals surface area contributed by atoms with Crippen LogP contribution in [0, 0.1) is 13.8 Å². The lowest BCUT2D eigenvalue weighted by Crippen LogP contribution is -2.13. The zero-order valence-corrected chi connectivity index (χ0v) is 15.1. The Kier molecular flexibility index (Phi) is 3.73. The van der Waals surface area contributed by atoms with Gasteiger partial charge in [0, 0.05) is 23.7 Å². The highest BCUT2D eigenvalue weighted by atomic mass is 32.1. The first kappa shape index (κ1) is 15.7. The Morgan fingerprint density at radius 2 is 1.88 bits per heavy atom. The number of hydrogen-bond donors (Lipinski definition) is 0. The van der Waals surface area contributed by atoms with Gasteiger partial charge in [-0.1, -0.05) is 29.5 Å². The van der Waals surface area contributed by atoms with E-state index in [9.17, 15) is 4.79 Å². The molecule has 4 aromatic rings. The van der Waals surface area contributed by atoms with Crippen LogP contribution in [0.2, 0.25) is 0 Å². The molecule has 0 radical (unpaired) electrons. The van der Waals surface area contributed by atoms with Crippen molar-refractivity contribution in [1.82, 2.24) is 9.55 Å². The summed E-state index contributed by atoms with van der Waals surface area (Å²) in [5, 5.41) is 1.02. The number of hydrogen-bond acceptors (Lipinski definition) is 3. The largest absolute Gasteiger partial charge is 0.319 e. The molecule has 2 aromatic carbocycles. The highest BCUT2D eigenvalue weighted by Gasteiger charge is 2.09. The summed E-state index contributed by atoms with van der Waals surface area (Å²) >= 11 is 1.53. The Labute approximate surface area is 149 Å². The number of rotatable bonds is 1. The SMILES string of the molecule is Cc1ccc2c(c1)sc(=NC(=O)c1ccc3ccc(C)nc3c1)n2C. The van der Waals surface area contributed by atoms with Gasteiger partial charge in [0.25, 0.3) is 5.91 Å². The third-order valence-electron chi connectivity index (χ3n) is 4.24. The molecular weight excluding hydrogens is 330 g/mol. The molecule has 4 rings (SSSR count). The Balaban J connectivity index is 1.81. The number of nitrogens with zero attached hydrogens (tertiary/aromatic N) is 3. The zero-order valence-electron chi connectivity index (χ0n) is 14.3. The van der Waals surface area contributed by atoms with Crippen LogP contribution >= 0.6 is 11.3 Å². The van der Waals surface area contributed by atoms with Crippen LogP contribution < -0.4 is 4.80 Å². The van der Waals surface area contributed by atoms with Crippen LogP contribution in [-0.4, -0.2) is 15.5 Å². The van der Waals surface area contributed by atoms with Crippen LogP contribution in [-0.2, 0) is 7.05 Å². The van der Waals surface area contributed by atoms with Crippen LogP contribution in [0.1, 0.15) is 21.6 Å². The molecule has 0 atom stereocenters. The number of aryl methyl sites for hydroxylation is 3. The molecule has 2 aromatic heterocycles. The van der Waals surface area contributed by atoms with Crippen molar-refractivity contribution in [3.05, 3.63) is 70.2 Å². The van der Waals surface area contributed by atoms with Crippen LogP contribution in [0.15, 0.2) is 53.5 Å². The minimum absolute atomic E-state index is 0.246. The molecule has 0 spiro atoms. The molecule has 0 aliphatic carbocycles. The Morgan fingerprint density at radius 1 is 1.08 bits per heavy atom.